The Morgan fingerprint density at radius 3 is 2.89 bits per heavy atom. The van der Waals surface area contributed by atoms with Gasteiger partial charge < -0.3 is 5.11 Å². The molecule has 0 radical (unpaired) electrons. The summed E-state index contributed by atoms with van der Waals surface area (Å²) in [6.45, 7) is 0. The lowest BCUT2D eigenvalue weighted by molar-refractivity contribution is 0.424. The third kappa shape index (κ3) is 1.40. The Morgan fingerprint density at radius 1 is 1.00 bits per heavy atom. The second kappa shape index (κ2) is 3.74. The van der Waals surface area contributed by atoms with Crippen LogP contribution >= 0.6 is 0 Å². The Hall–Kier alpha value is -1.50. The van der Waals surface area contributed by atoms with Crippen LogP contribution in [0.1, 0.15) is 42.7 Å². The van der Waals surface area contributed by atoms with Gasteiger partial charge in [-0.2, -0.15) is 0 Å². The van der Waals surface area contributed by atoms with Crippen LogP contribution in [0.15, 0.2) is 30.3 Å². The highest BCUT2D eigenvalue weighted by Gasteiger charge is 2.33. The van der Waals surface area contributed by atoms with E-state index in [2.05, 4.69) is 18.2 Å². The molecule has 4 rings (SSSR count). The lowest BCUT2D eigenvalue weighted by Gasteiger charge is -2.29. The van der Waals surface area contributed by atoms with Crippen LogP contribution in [-0.2, 0) is 6.42 Å². The first kappa shape index (κ1) is 10.4. The van der Waals surface area contributed by atoms with Gasteiger partial charge in [-0.15, -0.1) is 0 Å². The summed E-state index contributed by atoms with van der Waals surface area (Å²) in [5.41, 5.74) is 3.15. The van der Waals surface area contributed by atoms with Crippen molar-refractivity contribution in [1.29, 1.82) is 0 Å². The molecule has 1 nitrogen and oxygen atoms in total. The molecule has 0 heterocycles. The lowest BCUT2D eigenvalue weighted by Crippen LogP contribution is -2.16. The molecular weight excluding hydrogens is 220 g/mol. The van der Waals surface area contributed by atoms with E-state index in [4.69, 9.17) is 0 Å². The predicted octanol–water partition coefficient (Wildman–Crippen LogP) is 4.38. The third-order valence-electron chi connectivity index (χ3n) is 4.97. The number of aromatic hydroxyl groups is 1. The maximum Gasteiger partial charge on any atom is 0.116 e. The van der Waals surface area contributed by atoms with Crippen LogP contribution in [0.3, 0.4) is 0 Å². The summed E-state index contributed by atoms with van der Waals surface area (Å²) in [6, 6.07) is 10.3. The fourth-order valence-electron chi connectivity index (χ4n) is 4.15. The molecule has 2 aliphatic rings. The topological polar surface area (TPSA) is 20.2 Å². The molecule has 0 spiro atoms. The van der Waals surface area contributed by atoms with Gasteiger partial charge in [0.1, 0.15) is 5.75 Å². The molecule has 0 bridgehead atoms. The molecule has 1 saturated carbocycles. The van der Waals surface area contributed by atoms with E-state index in [-0.39, 0.29) is 0 Å². The number of phenols is 1. The molecule has 0 aliphatic heterocycles. The highest BCUT2D eigenvalue weighted by Crippen LogP contribution is 2.48. The van der Waals surface area contributed by atoms with E-state index in [1.54, 1.807) is 11.1 Å². The third-order valence-corrected chi connectivity index (χ3v) is 4.97. The average Bonchev–Trinajstić information content (AvgIpc) is 2.86. The molecule has 0 saturated heterocycles. The van der Waals surface area contributed by atoms with Gasteiger partial charge in [-0.25, -0.2) is 0 Å². The first-order chi connectivity index (χ1) is 8.83. The summed E-state index contributed by atoms with van der Waals surface area (Å²) in [5.74, 6) is 2.12. The number of phenolic OH excluding ortho intramolecular Hbond substituents is 1. The Kier molecular flexibility index (Phi) is 2.17. The zero-order chi connectivity index (χ0) is 12.1. The van der Waals surface area contributed by atoms with Crippen LogP contribution < -0.4 is 0 Å². The zero-order valence-corrected chi connectivity index (χ0v) is 10.5. The quantitative estimate of drug-likeness (QED) is 0.722. The first-order valence-electron chi connectivity index (χ1n) is 7.07. The molecule has 0 amide bonds. The molecule has 92 valence electrons. The molecule has 1 fully saturated rings. The van der Waals surface area contributed by atoms with Crippen molar-refractivity contribution in [2.45, 2.75) is 38.0 Å². The fourth-order valence-corrected chi connectivity index (χ4v) is 4.15. The van der Waals surface area contributed by atoms with Gasteiger partial charge in [-0.05, 0) is 71.6 Å². The van der Waals surface area contributed by atoms with Crippen LogP contribution in [-0.4, -0.2) is 5.11 Å². The van der Waals surface area contributed by atoms with Crippen LogP contribution in [0.5, 0.6) is 5.75 Å². The van der Waals surface area contributed by atoms with Crippen molar-refractivity contribution in [2.75, 3.05) is 0 Å². The lowest BCUT2D eigenvalue weighted by atomic mass is 9.75. The van der Waals surface area contributed by atoms with Gasteiger partial charge in [-0.1, -0.05) is 24.6 Å². The zero-order valence-electron chi connectivity index (χ0n) is 10.5. The second-order valence-corrected chi connectivity index (χ2v) is 5.87. The van der Waals surface area contributed by atoms with Crippen molar-refractivity contribution in [3.8, 4) is 5.75 Å². The van der Waals surface area contributed by atoms with E-state index in [1.807, 2.05) is 12.1 Å². The minimum Gasteiger partial charge on any atom is -0.508 e. The Balaban J connectivity index is 1.95. The summed E-state index contributed by atoms with van der Waals surface area (Å²) in [6.07, 6.45) is 6.79. The van der Waals surface area contributed by atoms with Gasteiger partial charge >= 0.3 is 0 Å². The largest absolute Gasteiger partial charge is 0.508 e. The smallest absolute Gasteiger partial charge is 0.116 e. The molecule has 0 aromatic heterocycles. The minimum absolute atomic E-state index is 0.372. The number of aryl methyl sites for hydroxylation is 1. The van der Waals surface area contributed by atoms with Crippen molar-refractivity contribution in [2.24, 2.45) is 5.92 Å². The van der Waals surface area contributed by atoms with Crippen LogP contribution in [0, 0.1) is 5.92 Å². The van der Waals surface area contributed by atoms with E-state index >= 15 is 0 Å². The summed E-state index contributed by atoms with van der Waals surface area (Å²) in [5, 5.41) is 12.1. The van der Waals surface area contributed by atoms with Crippen molar-refractivity contribution < 1.29 is 5.11 Å². The van der Waals surface area contributed by atoms with Crippen LogP contribution in [0.4, 0.5) is 0 Å². The molecular formula is C17H18O. The molecule has 2 atom stereocenters. The normalized spacial score (nSPS) is 26.0. The van der Waals surface area contributed by atoms with Gasteiger partial charge in [0.05, 0.1) is 0 Å². The Bertz CT molecular complexity index is 614. The number of benzene rings is 2. The maximum absolute atomic E-state index is 9.58. The summed E-state index contributed by atoms with van der Waals surface area (Å²) >= 11 is 0. The van der Waals surface area contributed by atoms with Crippen molar-refractivity contribution in [1.82, 2.24) is 0 Å². The standard InChI is InChI=1S/C17H18O/c18-13-6-9-15-12(10-13)5-8-16-14-3-1-2-11(14)4-7-17(15)16/h5-6,8-11,14,18H,1-4,7H2. The van der Waals surface area contributed by atoms with Crippen molar-refractivity contribution in [3.05, 3.63) is 41.5 Å². The second-order valence-electron chi connectivity index (χ2n) is 5.87. The monoisotopic (exact) mass is 238 g/mol. The van der Waals surface area contributed by atoms with E-state index in [9.17, 15) is 5.11 Å². The minimum atomic E-state index is 0.372. The van der Waals surface area contributed by atoms with Crippen molar-refractivity contribution in [3.63, 3.8) is 0 Å². The average molecular weight is 238 g/mol. The number of rotatable bonds is 0. The number of fused-ring (bicyclic) bond motifs is 5. The fraction of sp³-hybridized carbons (Fsp3) is 0.412. The highest BCUT2D eigenvalue weighted by atomic mass is 16.3. The summed E-state index contributed by atoms with van der Waals surface area (Å²) < 4.78 is 0. The number of hydrogen-bond acceptors (Lipinski definition) is 1. The summed E-state index contributed by atoms with van der Waals surface area (Å²) in [7, 11) is 0. The van der Waals surface area contributed by atoms with Gasteiger partial charge in [0.2, 0.25) is 0 Å². The molecule has 2 unspecified atom stereocenters. The van der Waals surface area contributed by atoms with Gasteiger partial charge in [-0.3, -0.25) is 0 Å². The van der Waals surface area contributed by atoms with Gasteiger partial charge in [0.25, 0.3) is 0 Å². The highest BCUT2D eigenvalue weighted by molar-refractivity contribution is 5.88. The van der Waals surface area contributed by atoms with E-state index in [0.29, 0.717) is 5.75 Å². The molecule has 1 N–H and O–H groups in total. The van der Waals surface area contributed by atoms with Crippen LogP contribution in [0.2, 0.25) is 0 Å². The van der Waals surface area contributed by atoms with Gasteiger partial charge in [0, 0.05) is 0 Å². The van der Waals surface area contributed by atoms with Crippen molar-refractivity contribution >= 4 is 10.8 Å². The molecule has 18 heavy (non-hydrogen) atoms. The van der Waals surface area contributed by atoms with E-state index < -0.39 is 0 Å². The Labute approximate surface area is 107 Å². The summed E-state index contributed by atoms with van der Waals surface area (Å²) in [4.78, 5) is 0. The molecule has 2 aromatic rings. The Morgan fingerprint density at radius 2 is 1.94 bits per heavy atom. The molecule has 1 heteroatoms. The van der Waals surface area contributed by atoms with Gasteiger partial charge in [0.15, 0.2) is 0 Å². The van der Waals surface area contributed by atoms with E-state index in [0.717, 1.165) is 11.8 Å². The number of hydrogen-bond donors (Lipinski definition) is 1. The molecule has 2 aromatic carbocycles. The predicted molar refractivity (Wildman–Crippen MR) is 74.0 cm³/mol. The first-order valence-corrected chi connectivity index (χ1v) is 7.07. The van der Waals surface area contributed by atoms with Crippen LogP contribution in [0.25, 0.3) is 10.8 Å². The maximum atomic E-state index is 9.58. The van der Waals surface area contributed by atoms with E-state index in [1.165, 1.54) is 42.9 Å². The SMILES string of the molecule is Oc1ccc2c3c(ccc2c1)C1CCCC1CC3. The molecule has 2 aliphatic carbocycles.